The van der Waals surface area contributed by atoms with E-state index in [1.165, 1.54) is 5.56 Å². The third-order valence-electron chi connectivity index (χ3n) is 3.56. The van der Waals surface area contributed by atoms with E-state index in [2.05, 4.69) is 23.4 Å². The van der Waals surface area contributed by atoms with Crippen molar-refractivity contribution in [3.63, 3.8) is 0 Å². The van der Waals surface area contributed by atoms with E-state index >= 15 is 0 Å². The summed E-state index contributed by atoms with van der Waals surface area (Å²) in [6.45, 7) is 8.10. The van der Waals surface area contributed by atoms with Crippen molar-refractivity contribution in [2.75, 3.05) is 5.32 Å². The van der Waals surface area contributed by atoms with Gasteiger partial charge in [0.15, 0.2) is 0 Å². The van der Waals surface area contributed by atoms with Crippen LogP contribution >= 0.6 is 0 Å². The summed E-state index contributed by atoms with van der Waals surface area (Å²) < 4.78 is 1.91. The summed E-state index contributed by atoms with van der Waals surface area (Å²) in [5.41, 5.74) is 4.15. The summed E-state index contributed by atoms with van der Waals surface area (Å²) in [5, 5.41) is 7.40. The average Bonchev–Trinajstić information content (AvgIpc) is 2.77. The van der Waals surface area contributed by atoms with Crippen molar-refractivity contribution in [3.05, 3.63) is 47.3 Å². The van der Waals surface area contributed by atoms with Gasteiger partial charge in [0.05, 0.1) is 11.7 Å². The monoisotopic (exact) mass is 285 g/mol. The Hall–Kier alpha value is -2.10. The number of aryl methyl sites for hydroxylation is 3. The molecule has 0 saturated carbocycles. The molecule has 0 unspecified atom stereocenters. The molecule has 0 fully saturated rings. The number of hydrogen-bond donors (Lipinski definition) is 1. The van der Waals surface area contributed by atoms with Crippen molar-refractivity contribution in [2.24, 2.45) is 0 Å². The topological polar surface area (TPSA) is 46.9 Å². The lowest BCUT2D eigenvalue weighted by molar-refractivity contribution is -0.116. The predicted molar refractivity (Wildman–Crippen MR) is 85.5 cm³/mol. The molecule has 2 rings (SSSR count). The molecule has 1 N–H and O–H groups in total. The first-order valence-corrected chi connectivity index (χ1v) is 7.41. The van der Waals surface area contributed by atoms with Gasteiger partial charge < -0.3 is 5.32 Å². The van der Waals surface area contributed by atoms with Crippen LogP contribution in [0.2, 0.25) is 0 Å². The summed E-state index contributed by atoms with van der Waals surface area (Å²) in [6.07, 6.45) is 1.38. The fourth-order valence-electron chi connectivity index (χ4n) is 2.53. The first kappa shape index (κ1) is 15.3. The number of nitrogens with zero attached hydrogens (tertiary/aromatic N) is 2. The lowest BCUT2D eigenvalue weighted by Crippen LogP contribution is -2.19. The molecule has 0 radical (unpaired) electrons. The molecule has 0 aliphatic rings. The minimum atomic E-state index is 0.0170. The van der Waals surface area contributed by atoms with Crippen LogP contribution in [-0.2, 0) is 11.2 Å². The zero-order valence-electron chi connectivity index (χ0n) is 13.2. The highest BCUT2D eigenvalue weighted by molar-refractivity contribution is 5.91. The molecule has 4 heteroatoms. The minimum absolute atomic E-state index is 0.0170. The Labute approximate surface area is 126 Å². The van der Waals surface area contributed by atoms with Crippen LogP contribution in [0.5, 0.6) is 0 Å². The SMILES string of the molecule is CCc1cccc(NC(=O)C[C@H](C)n2nc(C)cc2C)c1. The van der Waals surface area contributed by atoms with E-state index < -0.39 is 0 Å². The van der Waals surface area contributed by atoms with Crippen molar-refractivity contribution >= 4 is 11.6 Å². The number of carbonyl (C=O) groups is 1. The molecule has 1 aromatic carbocycles. The number of amides is 1. The van der Waals surface area contributed by atoms with Gasteiger partial charge in [-0.25, -0.2) is 0 Å². The average molecular weight is 285 g/mol. The van der Waals surface area contributed by atoms with Gasteiger partial charge in [-0.15, -0.1) is 0 Å². The third-order valence-corrected chi connectivity index (χ3v) is 3.56. The summed E-state index contributed by atoms with van der Waals surface area (Å²) in [7, 11) is 0. The molecule has 0 spiro atoms. The first-order valence-electron chi connectivity index (χ1n) is 7.41. The Morgan fingerprint density at radius 1 is 1.33 bits per heavy atom. The van der Waals surface area contributed by atoms with Crippen molar-refractivity contribution in [1.82, 2.24) is 9.78 Å². The normalized spacial score (nSPS) is 12.2. The van der Waals surface area contributed by atoms with Gasteiger partial charge in [-0.2, -0.15) is 5.10 Å². The van der Waals surface area contributed by atoms with Crippen LogP contribution < -0.4 is 5.32 Å². The van der Waals surface area contributed by atoms with Gasteiger partial charge in [-0.3, -0.25) is 9.48 Å². The molecular weight excluding hydrogens is 262 g/mol. The summed E-state index contributed by atoms with van der Waals surface area (Å²) in [4.78, 5) is 12.2. The number of aromatic nitrogens is 2. The standard InChI is InChI=1S/C17H23N3O/c1-5-15-7-6-8-16(11-15)18-17(21)10-14(4)20-13(3)9-12(2)19-20/h6-9,11,14H,5,10H2,1-4H3,(H,18,21)/t14-/m0/s1. The maximum absolute atomic E-state index is 12.2. The lowest BCUT2D eigenvalue weighted by atomic mass is 10.1. The van der Waals surface area contributed by atoms with Gasteiger partial charge in [0.25, 0.3) is 0 Å². The molecule has 0 aliphatic heterocycles. The zero-order valence-corrected chi connectivity index (χ0v) is 13.2. The van der Waals surface area contributed by atoms with Crippen LogP contribution in [0.25, 0.3) is 0 Å². The van der Waals surface area contributed by atoms with Gasteiger partial charge in [0.2, 0.25) is 5.91 Å². The maximum atomic E-state index is 12.2. The number of rotatable bonds is 5. The summed E-state index contributed by atoms with van der Waals surface area (Å²) in [5.74, 6) is 0.0170. The molecule has 0 bridgehead atoms. The minimum Gasteiger partial charge on any atom is -0.326 e. The number of nitrogens with one attached hydrogen (secondary N) is 1. The zero-order chi connectivity index (χ0) is 15.4. The highest BCUT2D eigenvalue weighted by atomic mass is 16.1. The van der Waals surface area contributed by atoms with Gasteiger partial charge >= 0.3 is 0 Å². The predicted octanol–water partition coefficient (Wildman–Crippen LogP) is 3.65. The van der Waals surface area contributed by atoms with Crippen LogP contribution in [0.4, 0.5) is 5.69 Å². The second-order valence-corrected chi connectivity index (χ2v) is 5.53. The number of hydrogen-bond acceptors (Lipinski definition) is 2. The molecule has 2 aromatic rings. The van der Waals surface area contributed by atoms with Gasteiger partial charge in [0.1, 0.15) is 0 Å². The second-order valence-electron chi connectivity index (χ2n) is 5.53. The van der Waals surface area contributed by atoms with E-state index in [-0.39, 0.29) is 11.9 Å². The molecule has 4 nitrogen and oxygen atoms in total. The van der Waals surface area contributed by atoms with Crippen LogP contribution in [0.15, 0.2) is 30.3 Å². The lowest BCUT2D eigenvalue weighted by Gasteiger charge is -2.14. The largest absolute Gasteiger partial charge is 0.326 e. The van der Waals surface area contributed by atoms with Gasteiger partial charge in [-0.05, 0) is 51.0 Å². The van der Waals surface area contributed by atoms with E-state index in [9.17, 15) is 4.79 Å². The maximum Gasteiger partial charge on any atom is 0.226 e. The van der Waals surface area contributed by atoms with Crippen LogP contribution in [0, 0.1) is 13.8 Å². The van der Waals surface area contributed by atoms with Gasteiger partial charge in [0, 0.05) is 17.8 Å². The van der Waals surface area contributed by atoms with E-state index in [1.54, 1.807) is 0 Å². The van der Waals surface area contributed by atoms with E-state index in [1.807, 2.05) is 49.7 Å². The molecule has 1 heterocycles. The molecule has 1 amide bonds. The van der Waals surface area contributed by atoms with Crippen molar-refractivity contribution in [2.45, 2.75) is 46.6 Å². The molecule has 1 atom stereocenters. The molecule has 112 valence electrons. The fourth-order valence-corrected chi connectivity index (χ4v) is 2.53. The Morgan fingerprint density at radius 2 is 2.10 bits per heavy atom. The van der Waals surface area contributed by atoms with Crippen LogP contribution in [-0.4, -0.2) is 15.7 Å². The van der Waals surface area contributed by atoms with Crippen LogP contribution in [0.3, 0.4) is 0 Å². The molecule has 1 aromatic heterocycles. The summed E-state index contributed by atoms with van der Waals surface area (Å²) in [6, 6.07) is 10.1. The smallest absolute Gasteiger partial charge is 0.226 e. The van der Waals surface area contributed by atoms with E-state index in [0.29, 0.717) is 6.42 Å². The van der Waals surface area contributed by atoms with Crippen molar-refractivity contribution in [1.29, 1.82) is 0 Å². The van der Waals surface area contributed by atoms with Crippen LogP contribution in [0.1, 0.15) is 43.3 Å². The molecule has 21 heavy (non-hydrogen) atoms. The number of anilines is 1. The second kappa shape index (κ2) is 6.57. The quantitative estimate of drug-likeness (QED) is 0.911. The highest BCUT2D eigenvalue weighted by Gasteiger charge is 2.14. The van der Waals surface area contributed by atoms with Gasteiger partial charge in [-0.1, -0.05) is 19.1 Å². The molecule has 0 saturated heterocycles. The number of benzene rings is 1. The molecular formula is C17H23N3O. The third kappa shape index (κ3) is 3.94. The van der Waals surface area contributed by atoms with E-state index in [4.69, 9.17) is 0 Å². The molecule has 0 aliphatic carbocycles. The Morgan fingerprint density at radius 3 is 2.71 bits per heavy atom. The highest BCUT2D eigenvalue weighted by Crippen LogP contribution is 2.16. The Kier molecular flexibility index (Phi) is 4.78. The van der Waals surface area contributed by atoms with E-state index in [0.717, 1.165) is 23.5 Å². The number of carbonyl (C=O) groups excluding carboxylic acids is 1. The van der Waals surface area contributed by atoms with Crippen molar-refractivity contribution < 1.29 is 4.79 Å². The fraction of sp³-hybridized carbons (Fsp3) is 0.412. The Balaban J connectivity index is 1.99. The van der Waals surface area contributed by atoms with Crippen molar-refractivity contribution in [3.8, 4) is 0 Å². The first-order chi connectivity index (χ1) is 9.99. The Bertz CT molecular complexity index is 631. The summed E-state index contributed by atoms with van der Waals surface area (Å²) >= 11 is 0.